The first-order valence-electron chi connectivity index (χ1n) is 7.46. The van der Waals surface area contributed by atoms with Gasteiger partial charge >= 0.3 is 6.18 Å². The van der Waals surface area contributed by atoms with Gasteiger partial charge in [-0.25, -0.2) is 0 Å². The molecule has 0 fully saturated rings. The SMILES string of the molecule is CC(C)CN1CC=C(c2ccc([N+](=O)[O-])cc2C(F)(F)F)CC1. The van der Waals surface area contributed by atoms with Crippen LogP contribution in [0.3, 0.4) is 0 Å². The Morgan fingerprint density at radius 2 is 2.04 bits per heavy atom. The van der Waals surface area contributed by atoms with Crippen molar-refractivity contribution < 1.29 is 18.1 Å². The van der Waals surface area contributed by atoms with Gasteiger partial charge in [0.05, 0.1) is 10.5 Å². The van der Waals surface area contributed by atoms with Gasteiger partial charge in [-0.15, -0.1) is 0 Å². The smallest absolute Gasteiger partial charge is 0.299 e. The molecular weight excluding hydrogens is 309 g/mol. The van der Waals surface area contributed by atoms with E-state index in [0.29, 0.717) is 37.1 Å². The van der Waals surface area contributed by atoms with Gasteiger partial charge in [-0.2, -0.15) is 13.2 Å². The minimum Gasteiger partial charge on any atom is -0.299 e. The second-order valence-electron chi connectivity index (χ2n) is 6.12. The van der Waals surface area contributed by atoms with Crippen LogP contribution in [0.15, 0.2) is 24.3 Å². The minimum absolute atomic E-state index is 0.0484. The van der Waals surface area contributed by atoms with E-state index in [1.54, 1.807) is 6.08 Å². The maximum Gasteiger partial charge on any atom is 0.417 e. The Balaban J connectivity index is 2.33. The molecule has 23 heavy (non-hydrogen) atoms. The molecule has 0 N–H and O–H groups in total. The highest BCUT2D eigenvalue weighted by atomic mass is 19.4. The van der Waals surface area contributed by atoms with Gasteiger partial charge in [0.2, 0.25) is 0 Å². The van der Waals surface area contributed by atoms with Crippen molar-refractivity contribution in [2.75, 3.05) is 19.6 Å². The van der Waals surface area contributed by atoms with E-state index in [4.69, 9.17) is 0 Å². The third-order valence-corrected chi connectivity index (χ3v) is 3.78. The van der Waals surface area contributed by atoms with Crippen LogP contribution in [0.2, 0.25) is 0 Å². The van der Waals surface area contributed by atoms with Crippen LogP contribution in [0, 0.1) is 16.0 Å². The average molecular weight is 328 g/mol. The molecule has 1 aromatic carbocycles. The van der Waals surface area contributed by atoms with Gasteiger partial charge < -0.3 is 0 Å². The molecule has 0 radical (unpaired) electrons. The molecule has 0 saturated heterocycles. The van der Waals surface area contributed by atoms with Crippen molar-refractivity contribution in [1.29, 1.82) is 0 Å². The first kappa shape index (κ1) is 17.5. The summed E-state index contributed by atoms with van der Waals surface area (Å²) in [5.74, 6) is 0.495. The topological polar surface area (TPSA) is 46.4 Å². The molecule has 0 spiro atoms. The summed E-state index contributed by atoms with van der Waals surface area (Å²) in [6.45, 7) is 6.38. The highest BCUT2D eigenvalue weighted by Gasteiger charge is 2.36. The Bertz CT molecular complexity index is 624. The third-order valence-electron chi connectivity index (χ3n) is 3.78. The van der Waals surface area contributed by atoms with Gasteiger partial charge in [-0.05, 0) is 29.5 Å². The normalized spacial score (nSPS) is 16.5. The lowest BCUT2D eigenvalue weighted by atomic mass is 9.94. The number of hydrogen-bond acceptors (Lipinski definition) is 3. The van der Waals surface area contributed by atoms with E-state index in [2.05, 4.69) is 18.7 Å². The highest BCUT2D eigenvalue weighted by molar-refractivity contribution is 5.71. The summed E-state index contributed by atoms with van der Waals surface area (Å²) in [6.07, 6.45) is -2.31. The molecule has 0 saturated carbocycles. The lowest BCUT2D eigenvalue weighted by Gasteiger charge is -2.28. The lowest BCUT2D eigenvalue weighted by Crippen LogP contribution is -2.32. The van der Waals surface area contributed by atoms with E-state index in [0.717, 1.165) is 12.6 Å². The van der Waals surface area contributed by atoms with Crippen LogP contribution in [0.5, 0.6) is 0 Å². The molecule has 1 aliphatic heterocycles. The summed E-state index contributed by atoms with van der Waals surface area (Å²) in [6, 6.07) is 2.97. The number of rotatable bonds is 4. The van der Waals surface area contributed by atoms with Gasteiger partial charge in [-0.3, -0.25) is 15.0 Å². The van der Waals surface area contributed by atoms with Crippen molar-refractivity contribution in [3.05, 3.63) is 45.5 Å². The lowest BCUT2D eigenvalue weighted by molar-refractivity contribution is -0.385. The average Bonchev–Trinajstić information content (AvgIpc) is 2.46. The van der Waals surface area contributed by atoms with Gasteiger partial charge in [-0.1, -0.05) is 19.9 Å². The number of hydrogen-bond donors (Lipinski definition) is 0. The standard InChI is InChI=1S/C16H19F3N2O2/c1-11(2)10-20-7-5-12(6-8-20)14-4-3-13(21(22)23)9-15(14)16(17,18)19/h3-5,9,11H,6-8,10H2,1-2H3. The van der Waals surface area contributed by atoms with E-state index in [1.165, 1.54) is 6.07 Å². The number of non-ortho nitro benzene ring substituents is 1. The quantitative estimate of drug-likeness (QED) is 0.609. The molecule has 4 nitrogen and oxygen atoms in total. The molecule has 1 heterocycles. The molecule has 126 valence electrons. The van der Waals surface area contributed by atoms with Gasteiger partial charge in [0, 0.05) is 31.8 Å². The molecule has 0 bridgehead atoms. The van der Waals surface area contributed by atoms with Crippen LogP contribution in [-0.2, 0) is 6.18 Å². The molecule has 0 amide bonds. The number of alkyl halides is 3. The van der Waals surface area contributed by atoms with E-state index in [9.17, 15) is 23.3 Å². The van der Waals surface area contributed by atoms with E-state index >= 15 is 0 Å². The Labute approximate surface area is 132 Å². The summed E-state index contributed by atoms with van der Waals surface area (Å²) in [4.78, 5) is 12.1. The minimum atomic E-state index is -4.61. The number of nitrogens with zero attached hydrogens (tertiary/aromatic N) is 2. The van der Waals surface area contributed by atoms with Crippen molar-refractivity contribution in [3.8, 4) is 0 Å². The fourth-order valence-corrected chi connectivity index (χ4v) is 2.80. The molecule has 7 heteroatoms. The van der Waals surface area contributed by atoms with Crippen molar-refractivity contribution in [1.82, 2.24) is 4.90 Å². The van der Waals surface area contributed by atoms with Gasteiger partial charge in [0.1, 0.15) is 0 Å². The predicted molar refractivity (Wildman–Crippen MR) is 82.0 cm³/mol. The van der Waals surface area contributed by atoms with E-state index < -0.39 is 22.4 Å². The van der Waals surface area contributed by atoms with Crippen LogP contribution < -0.4 is 0 Å². The van der Waals surface area contributed by atoms with E-state index in [1.807, 2.05) is 0 Å². The number of halogens is 3. The molecular formula is C16H19F3N2O2. The summed E-state index contributed by atoms with van der Waals surface area (Å²) in [7, 11) is 0. The Hall–Kier alpha value is -1.89. The third kappa shape index (κ3) is 4.31. The van der Waals surface area contributed by atoms with Crippen LogP contribution in [-0.4, -0.2) is 29.5 Å². The Morgan fingerprint density at radius 1 is 1.35 bits per heavy atom. The van der Waals surface area contributed by atoms with Gasteiger partial charge in [0.15, 0.2) is 0 Å². The van der Waals surface area contributed by atoms with Crippen LogP contribution in [0.25, 0.3) is 5.57 Å². The van der Waals surface area contributed by atoms with Crippen molar-refractivity contribution >= 4 is 11.3 Å². The monoisotopic (exact) mass is 328 g/mol. The zero-order chi connectivity index (χ0) is 17.2. The summed E-state index contributed by atoms with van der Waals surface area (Å²) < 4.78 is 39.7. The number of nitro benzene ring substituents is 1. The predicted octanol–water partition coefficient (Wildman–Crippen LogP) is 4.36. The van der Waals surface area contributed by atoms with Crippen LogP contribution in [0.4, 0.5) is 18.9 Å². The largest absolute Gasteiger partial charge is 0.417 e. The van der Waals surface area contributed by atoms with Crippen molar-refractivity contribution in [2.24, 2.45) is 5.92 Å². The fraction of sp³-hybridized carbons (Fsp3) is 0.500. The van der Waals surface area contributed by atoms with E-state index in [-0.39, 0.29) is 5.56 Å². The van der Waals surface area contributed by atoms with Crippen molar-refractivity contribution in [2.45, 2.75) is 26.4 Å². The fourth-order valence-electron chi connectivity index (χ4n) is 2.80. The molecule has 2 rings (SSSR count). The first-order chi connectivity index (χ1) is 10.7. The number of nitro groups is 1. The molecule has 1 aliphatic rings. The second kappa shape index (κ2) is 6.70. The zero-order valence-corrected chi connectivity index (χ0v) is 13.1. The summed E-state index contributed by atoms with van der Waals surface area (Å²) in [5, 5.41) is 10.7. The second-order valence-corrected chi connectivity index (χ2v) is 6.12. The number of benzene rings is 1. The molecule has 0 aromatic heterocycles. The summed E-state index contributed by atoms with van der Waals surface area (Å²) in [5.41, 5.74) is -0.825. The van der Waals surface area contributed by atoms with Crippen LogP contribution >= 0.6 is 0 Å². The maximum atomic E-state index is 13.2. The molecule has 1 aromatic rings. The highest BCUT2D eigenvalue weighted by Crippen LogP contribution is 2.38. The Kier molecular flexibility index (Phi) is 5.09. The van der Waals surface area contributed by atoms with Crippen LogP contribution in [0.1, 0.15) is 31.4 Å². The summed E-state index contributed by atoms with van der Waals surface area (Å²) >= 11 is 0. The maximum absolute atomic E-state index is 13.2. The zero-order valence-electron chi connectivity index (χ0n) is 13.1. The molecule has 0 atom stereocenters. The molecule has 0 unspecified atom stereocenters. The Morgan fingerprint density at radius 3 is 2.52 bits per heavy atom. The van der Waals surface area contributed by atoms with Crippen molar-refractivity contribution in [3.63, 3.8) is 0 Å². The van der Waals surface area contributed by atoms with Gasteiger partial charge in [0.25, 0.3) is 5.69 Å². The molecule has 0 aliphatic carbocycles. The first-order valence-corrected chi connectivity index (χ1v) is 7.46.